The van der Waals surface area contributed by atoms with Gasteiger partial charge in [-0.1, -0.05) is 6.92 Å². The fourth-order valence-electron chi connectivity index (χ4n) is 1.52. The van der Waals surface area contributed by atoms with Gasteiger partial charge in [0.05, 0.1) is 0 Å². The van der Waals surface area contributed by atoms with Crippen LogP contribution >= 0.6 is 0 Å². The molecule has 1 aromatic heterocycles. The van der Waals surface area contributed by atoms with E-state index in [1.54, 1.807) is 13.8 Å². The van der Waals surface area contributed by atoms with E-state index in [2.05, 4.69) is 10.2 Å². The maximum absolute atomic E-state index is 12.5. The Kier molecular flexibility index (Phi) is 4.06. The van der Waals surface area contributed by atoms with Crippen molar-refractivity contribution in [3.05, 3.63) is 11.3 Å². The monoisotopic (exact) mass is 289 g/mol. The molecule has 0 amide bonds. The van der Waals surface area contributed by atoms with Gasteiger partial charge >= 0.3 is 5.97 Å². The molecule has 19 heavy (non-hydrogen) atoms. The number of nitrogens with zero attached hydrogens (tertiary/aromatic N) is 2. The van der Waals surface area contributed by atoms with Gasteiger partial charge in [0.2, 0.25) is 5.03 Å². The van der Waals surface area contributed by atoms with Crippen LogP contribution in [0.15, 0.2) is 5.03 Å². The normalized spacial score (nSPS) is 12.9. The van der Waals surface area contributed by atoms with Crippen molar-refractivity contribution in [2.75, 3.05) is 7.05 Å². The SMILES string of the molecule is CCC(C)(C)N(C)S(=O)(=O)c1n[nH]c(C)c1C(=O)O. The summed E-state index contributed by atoms with van der Waals surface area (Å²) in [7, 11) is -2.53. The lowest BCUT2D eigenvalue weighted by Gasteiger charge is -2.33. The zero-order valence-corrected chi connectivity index (χ0v) is 12.5. The van der Waals surface area contributed by atoms with Crippen LogP contribution in [-0.2, 0) is 10.0 Å². The van der Waals surface area contributed by atoms with Crippen LogP contribution in [0.3, 0.4) is 0 Å². The number of nitrogens with one attached hydrogen (secondary N) is 1. The third-order valence-corrected chi connectivity index (χ3v) is 5.45. The van der Waals surface area contributed by atoms with Gasteiger partial charge in [-0.2, -0.15) is 9.40 Å². The van der Waals surface area contributed by atoms with Crippen molar-refractivity contribution in [3.8, 4) is 0 Å². The van der Waals surface area contributed by atoms with Crippen molar-refractivity contribution in [1.82, 2.24) is 14.5 Å². The van der Waals surface area contributed by atoms with Crippen LogP contribution < -0.4 is 0 Å². The molecule has 0 aromatic carbocycles. The standard InChI is InChI=1S/C11H19N3O4S/c1-6-11(3,4)14(5)19(17,18)9-8(10(15)16)7(2)12-13-9/h6H2,1-5H3,(H,12,13)(H,15,16). The third kappa shape index (κ3) is 2.64. The largest absolute Gasteiger partial charge is 0.478 e. The van der Waals surface area contributed by atoms with Crippen LogP contribution in [0.1, 0.15) is 43.2 Å². The number of hydrogen-bond acceptors (Lipinski definition) is 4. The van der Waals surface area contributed by atoms with Crippen LogP contribution in [0, 0.1) is 6.92 Å². The summed E-state index contributed by atoms with van der Waals surface area (Å²) in [6, 6.07) is 0. The lowest BCUT2D eigenvalue weighted by Crippen LogP contribution is -2.44. The van der Waals surface area contributed by atoms with Crippen molar-refractivity contribution in [2.24, 2.45) is 0 Å². The van der Waals surface area contributed by atoms with Gasteiger partial charge in [-0.15, -0.1) is 0 Å². The lowest BCUT2D eigenvalue weighted by molar-refractivity contribution is 0.0691. The molecule has 1 aromatic rings. The number of carboxylic acid groups (broad SMARTS) is 1. The van der Waals surface area contributed by atoms with Crippen molar-refractivity contribution < 1.29 is 18.3 Å². The molecule has 0 bridgehead atoms. The molecule has 1 rings (SSSR count). The Morgan fingerprint density at radius 3 is 2.42 bits per heavy atom. The fourth-order valence-corrected chi connectivity index (χ4v) is 3.22. The number of hydrogen-bond donors (Lipinski definition) is 2. The number of H-pyrrole nitrogens is 1. The second kappa shape index (κ2) is 4.93. The Hall–Kier alpha value is -1.41. The Labute approximate surface area is 112 Å². The van der Waals surface area contributed by atoms with Gasteiger partial charge < -0.3 is 5.11 Å². The minimum absolute atomic E-state index is 0.216. The fraction of sp³-hybridized carbons (Fsp3) is 0.636. The summed E-state index contributed by atoms with van der Waals surface area (Å²) in [6.07, 6.45) is 0.592. The smallest absolute Gasteiger partial charge is 0.340 e. The summed E-state index contributed by atoms with van der Waals surface area (Å²) >= 11 is 0. The predicted molar refractivity (Wildman–Crippen MR) is 69.6 cm³/mol. The first-order chi connectivity index (χ1) is 8.55. The second-order valence-electron chi connectivity index (χ2n) is 4.97. The molecule has 0 unspecified atom stereocenters. The summed E-state index contributed by atoms with van der Waals surface area (Å²) in [5.74, 6) is -1.31. The van der Waals surface area contributed by atoms with E-state index >= 15 is 0 Å². The van der Waals surface area contributed by atoms with Gasteiger partial charge in [0.25, 0.3) is 10.0 Å². The molecule has 0 aliphatic heterocycles. The summed E-state index contributed by atoms with van der Waals surface area (Å²) in [5, 5.41) is 14.7. The number of sulfonamides is 1. The van der Waals surface area contributed by atoms with Gasteiger partial charge in [0.1, 0.15) is 5.56 Å². The average Bonchev–Trinajstić information content (AvgIpc) is 2.70. The Morgan fingerprint density at radius 1 is 1.47 bits per heavy atom. The first-order valence-corrected chi connectivity index (χ1v) is 7.27. The number of aromatic nitrogens is 2. The highest BCUT2D eigenvalue weighted by atomic mass is 32.2. The van der Waals surface area contributed by atoms with E-state index < -0.39 is 26.6 Å². The van der Waals surface area contributed by atoms with Gasteiger partial charge in [0, 0.05) is 18.3 Å². The van der Waals surface area contributed by atoms with Crippen molar-refractivity contribution >= 4 is 16.0 Å². The average molecular weight is 289 g/mol. The van der Waals surface area contributed by atoms with Crippen LogP contribution in [0.2, 0.25) is 0 Å². The molecule has 8 heteroatoms. The van der Waals surface area contributed by atoms with E-state index in [1.165, 1.54) is 14.0 Å². The minimum Gasteiger partial charge on any atom is -0.478 e. The summed E-state index contributed by atoms with van der Waals surface area (Å²) < 4.78 is 26.1. The van der Waals surface area contributed by atoms with E-state index in [1.807, 2.05) is 6.92 Å². The second-order valence-corrected chi connectivity index (χ2v) is 6.86. The number of aryl methyl sites for hydroxylation is 1. The lowest BCUT2D eigenvalue weighted by atomic mass is 10.0. The third-order valence-electron chi connectivity index (χ3n) is 3.45. The molecule has 0 aliphatic carbocycles. The molecule has 2 N–H and O–H groups in total. The molecular formula is C11H19N3O4S. The maximum atomic E-state index is 12.5. The van der Waals surface area contributed by atoms with Gasteiger partial charge in [-0.25, -0.2) is 13.2 Å². The highest BCUT2D eigenvalue weighted by molar-refractivity contribution is 7.89. The van der Waals surface area contributed by atoms with Crippen LogP contribution in [0.25, 0.3) is 0 Å². The maximum Gasteiger partial charge on any atom is 0.340 e. The predicted octanol–water partition coefficient (Wildman–Crippen LogP) is 1.23. The number of aromatic carboxylic acids is 1. The Balaban J connectivity index is 3.41. The van der Waals surface area contributed by atoms with E-state index in [4.69, 9.17) is 5.11 Å². The number of carboxylic acids is 1. The zero-order chi connectivity index (χ0) is 15.0. The summed E-state index contributed by atoms with van der Waals surface area (Å²) in [4.78, 5) is 11.1. The molecule has 0 saturated carbocycles. The number of aromatic amines is 1. The first kappa shape index (κ1) is 15.6. The molecule has 0 saturated heterocycles. The van der Waals surface area contributed by atoms with Crippen molar-refractivity contribution in [1.29, 1.82) is 0 Å². The van der Waals surface area contributed by atoms with E-state index in [0.29, 0.717) is 6.42 Å². The van der Waals surface area contributed by atoms with Crippen LogP contribution in [0.4, 0.5) is 0 Å². The van der Waals surface area contributed by atoms with Crippen molar-refractivity contribution in [3.63, 3.8) is 0 Å². The first-order valence-electron chi connectivity index (χ1n) is 5.83. The molecule has 0 spiro atoms. The molecule has 7 nitrogen and oxygen atoms in total. The van der Waals surface area contributed by atoms with Gasteiger partial charge in [0.15, 0.2) is 0 Å². The number of carbonyl (C=O) groups is 1. The van der Waals surface area contributed by atoms with Crippen LogP contribution in [-0.4, -0.2) is 46.6 Å². The zero-order valence-electron chi connectivity index (χ0n) is 11.7. The molecular weight excluding hydrogens is 270 g/mol. The minimum atomic E-state index is -3.95. The quantitative estimate of drug-likeness (QED) is 0.848. The number of rotatable bonds is 5. The molecule has 108 valence electrons. The van der Waals surface area contributed by atoms with E-state index in [0.717, 1.165) is 4.31 Å². The molecule has 0 atom stereocenters. The van der Waals surface area contributed by atoms with E-state index in [-0.39, 0.29) is 11.3 Å². The van der Waals surface area contributed by atoms with Crippen molar-refractivity contribution in [2.45, 2.75) is 44.7 Å². The molecule has 1 heterocycles. The Bertz CT molecular complexity index is 589. The van der Waals surface area contributed by atoms with Gasteiger partial charge in [-0.05, 0) is 27.2 Å². The van der Waals surface area contributed by atoms with Crippen LogP contribution in [0.5, 0.6) is 0 Å². The van der Waals surface area contributed by atoms with Gasteiger partial charge in [-0.3, -0.25) is 5.10 Å². The summed E-state index contributed by atoms with van der Waals surface area (Å²) in [6.45, 7) is 6.87. The molecule has 0 radical (unpaired) electrons. The van der Waals surface area contributed by atoms with E-state index in [9.17, 15) is 13.2 Å². The topological polar surface area (TPSA) is 103 Å². The molecule has 0 fully saturated rings. The highest BCUT2D eigenvalue weighted by Crippen LogP contribution is 2.26. The molecule has 0 aliphatic rings. The summed E-state index contributed by atoms with van der Waals surface area (Å²) in [5.41, 5.74) is -0.714. The highest BCUT2D eigenvalue weighted by Gasteiger charge is 2.37. The Morgan fingerprint density at radius 2 is 2.00 bits per heavy atom.